The Morgan fingerprint density at radius 1 is 1.20 bits per heavy atom. The zero-order valence-corrected chi connectivity index (χ0v) is 6.25. The van der Waals surface area contributed by atoms with Crippen LogP contribution in [0.15, 0.2) is 30.3 Å². The van der Waals surface area contributed by atoms with E-state index >= 15 is 0 Å². The van der Waals surface area contributed by atoms with Crippen LogP contribution < -0.4 is 0 Å². The minimum Gasteiger partial charge on any atom is -0.0622 e. The molecule has 10 heavy (non-hydrogen) atoms. The van der Waals surface area contributed by atoms with Gasteiger partial charge in [0.15, 0.2) is 0 Å². The lowest BCUT2D eigenvalue weighted by molar-refractivity contribution is 0.915. The van der Waals surface area contributed by atoms with Crippen molar-refractivity contribution in [2.75, 3.05) is 0 Å². The molecule has 0 aliphatic heterocycles. The summed E-state index contributed by atoms with van der Waals surface area (Å²) in [5, 5.41) is 0. The Balaban J connectivity index is 2.20. The minimum absolute atomic E-state index is 0.876. The van der Waals surface area contributed by atoms with Crippen LogP contribution in [-0.2, 0) is 0 Å². The van der Waals surface area contributed by atoms with Crippen LogP contribution in [0.1, 0.15) is 24.8 Å². The summed E-state index contributed by atoms with van der Waals surface area (Å²) in [5.74, 6) is 1.81. The van der Waals surface area contributed by atoms with Crippen LogP contribution in [0, 0.1) is 5.92 Å². The molecular formula is C10H12. The van der Waals surface area contributed by atoms with Gasteiger partial charge in [0.25, 0.3) is 0 Å². The van der Waals surface area contributed by atoms with Gasteiger partial charge in [-0.15, -0.1) is 0 Å². The zero-order chi connectivity index (χ0) is 6.97. The third-order valence-electron chi connectivity index (χ3n) is 2.34. The average molecular weight is 132 g/mol. The maximum absolute atomic E-state index is 2.32. The molecule has 0 heteroatoms. The van der Waals surface area contributed by atoms with Crippen molar-refractivity contribution in [3.63, 3.8) is 0 Å². The molecule has 1 fully saturated rings. The number of hydrogen-bond donors (Lipinski definition) is 0. The lowest BCUT2D eigenvalue weighted by atomic mass is 10.1. The highest BCUT2D eigenvalue weighted by Gasteiger charge is 2.33. The first kappa shape index (κ1) is 5.96. The third kappa shape index (κ3) is 0.942. The molecule has 0 nitrogen and oxygen atoms in total. The standard InChI is InChI=1S/C10H12/c1-8-7-10(8)9-5-3-2-4-6-9/h2-6,8,10H,7H2,1H3/t8-,10+/m1/s1. The predicted molar refractivity (Wildman–Crippen MR) is 43.0 cm³/mol. The van der Waals surface area contributed by atoms with Crippen molar-refractivity contribution in [1.29, 1.82) is 0 Å². The van der Waals surface area contributed by atoms with Crippen molar-refractivity contribution in [2.45, 2.75) is 19.3 Å². The summed E-state index contributed by atoms with van der Waals surface area (Å²) in [6.45, 7) is 2.32. The van der Waals surface area contributed by atoms with E-state index in [1.54, 1.807) is 0 Å². The second-order valence-corrected chi connectivity index (χ2v) is 3.23. The molecule has 0 aromatic heterocycles. The van der Waals surface area contributed by atoms with Gasteiger partial charge in [0.05, 0.1) is 0 Å². The molecule has 2 atom stereocenters. The maximum atomic E-state index is 2.32. The summed E-state index contributed by atoms with van der Waals surface area (Å²) in [6.07, 6.45) is 1.39. The molecule has 0 amide bonds. The molecule has 52 valence electrons. The van der Waals surface area contributed by atoms with Gasteiger partial charge in [0, 0.05) is 0 Å². The molecule has 1 aromatic carbocycles. The average Bonchev–Trinajstić information content (AvgIpc) is 2.69. The quantitative estimate of drug-likeness (QED) is 0.551. The Hall–Kier alpha value is -0.780. The van der Waals surface area contributed by atoms with Crippen LogP contribution in [0.2, 0.25) is 0 Å². The van der Waals surface area contributed by atoms with Gasteiger partial charge in [-0.3, -0.25) is 0 Å². The smallest absolute Gasteiger partial charge is 0.0133 e. The molecule has 0 heterocycles. The monoisotopic (exact) mass is 132 g/mol. The number of benzene rings is 1. The van der Waals surface area contributed by atoms with Crippen molar-refractivity contribution < 1.29 is 0 Å². The van der Waals surface area contributed by atoms with E-state index in [0.717, 1.165) is 11.8 Å². The molecule has 1 aromatic rings. The largest absolute Gasteiger partial charge is 0.0622 e. The first-order valence-corrected chi connectivity index (χ1v) is 3.93. The topological polar surface area (TPSA) is 0 Å². The molecule has 0 radical (unpaired) electrons. The van der Waals surface area contributed by atoms with Crippen molar-refractivity contribution in [3.05, 3.63) is 35.9 Å². The minimum atomic E-state index is 0.876. The van der Waals surface area contributed by atoms with Crippen LogP contribution in [0.4, 0.5) is 0 Å². The van der Waals surface area contributed by atoms with Crippen LogP contribution in [0.3, 0.4) is 0 Å². The highest BCUT2D eigenvalue weighted by atomic mass is 14.4. The first-order chi connectivity index (χ1) is 4.88. The molecule has 1 saturated carbocycles. The highest BCUT2D eigenvalue weighted by molar-refractivity contribution is 5.24. The fourth-order valence-corrected chi connectivity index (χ4v) is 1.49. The van der Waals surface area contributed by atoms with Gasteiger partial charge < -0.3 is 0 Å². The van der Waals surface area contributed by atoms with E-state index in [4.69, 9.17) is 0 Å². The normalized spacial score (nSPS) is 30.1. The van der Waals surface area contributed by atoms with Gasteiger partial charge in [0.1, 0.15) is 0 Å². The van der Waals surface area contributed by atoms with Gasteiger partial charge >= 0.3 is 0 Å². The van der Waals surface area contributed by atoms with Crippen LogP contribution >= 0.6 is 0 Å². The van der Waals surface area contributed by atoms with E-state index in [1.165, 1.54) is 12.0 Å². The highest BCUT2D eigenvalue weighted by Crippen LogP contribution is 2.46. The molecule has 0 unspecified atom stereocenters. The Morgan fingerprint density at radius 2 is 1.80 bits per heavy atom. The Morgan fingerprint density at radius 3 is 2.30 bits per heavy atom. The fraction of sp³-hybridized carbons (Fsp3) is 0.400. The van der Waals surface area contributed by atoms with Gasteiger partial charge in [-0.25, -0.2) is 0 Å². The Labute approximate surface area is 61.9 Å². The molecular weight excluding hydrogens is 120 g/mol. The summed E-state index contributed by atoms with van der Waals surface area (Å²) in [7, 11) is 0. The zero-order valence-electron chi connectivity index (χ0n) is 6.25. The number of hydrogen-bond acceptors (Lipinski definition) is 0. The van der Waals surface area contributed by atoms with E-state index in [9.17, 15) is 0 Å². The van der Waals surface area contributed by atoms with E-state index in [0.29, 0.717) is 0 Å². The molecule has 2 rings (SSSR count). The van der Waals surface area contributed by atoms with E-state index in [1.807, 2.05) is 0 Å². The van der Waals surface area contributed by atoms with Crippen molar-refractivity contribution in [2.24, 2.45) is 5.92 Å². The Bertz CT molecular complexity index is 213. The first-order valence-electron chi connectivity index (χ1n) is 3.93. The number of rotatable bonds is 1. The van der Waals surface area contributed by atoms with Crippen molar-refractivity contribution in [3.8, 4) is 0 Å². The Kier molecular flexibility index (Phi) is 1.26. The maximum Gasteiger partial charge on any atom is -0.0133 e. The molecule has 0 bridgehead atoms. The summed E-state index contributed by atoms with van der Waals surface area (Å²) in [4.78, 5) is 0. The van der Waals surface area contributed by atoms with Gasteiger partial charge in [-0.1, -0.05) is 37.3 Å². The fourth-order valence-electron chi connectivity index (χ4n) is 1.49. The van der Waals surface area contributed by atoms with Crippen molar-refractivity contribution in [1.82, 2.24) is 0 Å². The van der Waals surface area contributed by atoms with E-state index in [2.05, 4.69) is 37.3 Å². The molecule has 0 N–H and O–H groups in total. The van der Waals surface area contributed by atoms with Crippen LogP contribution in [-0.4, -0.2) is 0 Å². The second kappa shape index (κ2) is 2.12. The molecule has 0 spiro atoms. The van der Waals surface area contributed by atoms with Gasteiger partial charge in [-0.05, 0) is 23.8 Å². The SMILES string of the molecule is C[C@@H]1C[C@@H]1c1ccccc1. The lowest BCUT2D eigenvalue weighted by Crippen LogP contribution is -1.77. The summed E-state index contributed by atoms with van der Waals surface area (Å²) >= 11 is 0. The third-order valence-corrected chi connectivity index (χ3v) is 2.34. The van der Waals surface area contributed by atoms with Crippen LogP contribution in [0.5, 0.6) is 0 Å². The van der Waals surface area contributed by atoms with Crippen molar-refractivity contribution >= 4 is 0 Å². The van der Waals surface area contributed by atoms with E-state index < -0.39 is 0 Å². The molecule has 1 aliphatic rings. The second-order valence-electron chi connectivity index (χ2n) is 3.23. The predicted octanol–water partition coefficient (Wildman–Crippen LogP) is 2.81. The lowest BCUT2D eigenvalue weighted by Gasteiger charge is -1.94. The van der Waals surface area contributed by atoms with Gasteiger partial charge in [0.2, 0.25) is 0 Å². The molecule has 0 saturated heterocycles. The van der Waals surface area contributed by atoms with E-state index in [-0.39, 0.29) is 0 Å². The van der Waals surface area contributed by atoms with Gasteiger partial charge in [-0.2, -0.15) is 0 Å². The summed E-state index contributed by atoms with van der Waals surface area (Å²) in [5.41, 5.74) is 1.52. The van der Waals surface area contributed by atoms with Crippen LogP contribution in [0.25, 0.3) is 0 Å². The molecule has 1 aliphatic carbocycles. The summed E-state index contributed by atoms with van der Waals surface area (Å²) in [6, 6.07) is 10.8. The summed E-state index contributed by atoms with van der Waals surface area (Å²) < 4.78 is 0.